The summed E-state index contributed by atoms with van der Waals surface area (Å²) in [5.41, 5.74) is 3.23. The minimum atomic E-state index is 0.0222. The van der Waals surface area contributed by atoms with Crippen molar-refractivity contribution in [2.24, 2.45) is 0 Å². The summed E-state index contributed by atoms with van der Waals surface area (Å²) in [6, 6.07) is 10.1. The van der Waals surface area contributed by atoms with Gasteiger partial charge in [-0.15, -0.1) is 11.3 Å². The van der Waals surface area contributed by atoms with Crippen LogP contribution in [0.25, 0.3) is 11.0 Å². The second-order valence-electron chi connectivity index (χ2n) is 5.18. The Kier molecular flexibility index (Phi) is 4.24. The lowest BCUT2D eigenvalue weighted by atomic mass is 10.2. The largest absolute Gasteiger partial charge is 0.350 e. The number of para-hydroxylation sites is 2. The average Bonchev–Trinajstić information content (AvgIpc) is 3.11. The van der Waals surface area contributed by atoms with E-state index in [9.17, 15) is 4.79 Å². The third kappa shape index (κ3) is 2.76. The van der Waals surface area contributed by atoms with Crippen LogP contribution in [-0.2, 0) is 13.0 Å². The summed E-state index contributed by atoms with van der Waals surface area (Å²) in [5.74, 6) is 0.995. The molecule has 0 fully saturated rings. The van der Waals surface area contributed by atoms with E-state index < -0.39 is 0 Å². The van der Waals surface area contributed by atoms with Crippen molar-refractivity contribution >= 4 is 28.3 Å². The van der Waals surface area contributed by atoms with Crippen molar-refractivity contribution in [3.63, 3.8) is 0 Å². The molecule has 0 unspecified atom stereocenters. The Bertz CT molecular complexity index is 803. The first-order valence-corrected chi connectivity index (χ1v) is 8.35. The first-order valence-electron chi connectivity index (χ1n) is 7.47. The summed E-state index contributed by atoms with van der Waals surface area (Å²) >= 11 is 1.50. The molecule has 0 aliphatic heterocycles. The average molecular weight is 313 g/mol. The van der Waals surface area contributed by atoms with Gasteiger partial charge in [-0.05, 0) is 42.5 Å². The zero-order chi connectivity index (χ0) is 15.5. The van der Waals surface area contributed by atoms with Crippen LogP contribution < -0.4 is 5.32 Å². The van der Waals surface area contributed by atoms with Crippen LogP contribution in [0.5, 0.6) is 0 Å². The number of fused-ring (bicyclic) bond motifs is 1. The summed E-state index contributed by atoms with van der Waals surface area (Å²) in [6.07, 6.45) is 0.886. The van der Waals surface area contributed by atoms with E-state index in [2.05, 4.69) is 27.9 Å². The second-order valence-corrected chi connectivity index (χ2v) is 6.10. The van der Waals surface area contributed by atoms with Gasteiger partial charge < -0.3 is 9.88 Å². The van der Waals surface area contributed by atoms with E-state index in [-0.39, 0.29) is 5.91 Å². The summed E-state index contributed by atoms with van der Waals surface area (Å²) in [5, 5.41) is 4.99. The Hall–Kier alpha value is -2.14. The van der Waals surface area contributed by atoms with Crippen molar-refractivity contribution in [3.8, 4) is 0 Å². The lowest BCUT2D eigenvalue weighted by molar-refractivity contribution is 0.0955. The van der Waals surface area contributed by atoms with Gasteiger partial charge in [-0.3, -0.25) is 4.79 Å². The van der Waals surface area contributed by atoms with Crippen molar-refractivity contribution in [1.29, 1.82) is 0 Å². The number of amides is 1. The van der Waals surface area contributed by atoms with Gasteiger partial charge in [-0.1, -0.05) is 19.1 Å². The molecular formula is C17H19N3OS. The number of nitrogens with one attached hydrogen (secondary N) is 1. The van der Waals surface area contributed by atoms with Gasteiger partial charge in [0, 0.05) is 13.1 Å². The number of hydrogen-bond donors (Lipinski definition) is 1. The highest BCUT2D eigenvalue weighted by atomic mass is 32.1. The summed E-state index contributed by atoms with van der Waals surface area (Å²) in [6.45, 7) is 5.39. The first kappa shape index (κ1) is 14.8. The molecule has 22 heavy (non-hydrogen) atoms. The van der Waals surface area contributed by atoms with Gasteiger partial charge in [-0.2, -0.15) is 0 Å². The Morgan fingerprint density at radius 3 is 2.95 bits per heavy atom. The third-order valence-corrected chi connectivity index (χ3v) is 4.76. The molecule has 5 heteroatoms. The van der Waals surface area contributed by atoms with E-state index >= 15 is 0 Å². The molecule has 3 aromatic rings. The molecule has 0 saturated heterocycles. The molecular weight excluding hydrogens is 294 g/mol. The quantitative estimate of drug-likeness (QED) is 0.785. The molecule has 1 amide bonds. The molecule has 114 valence electrons. The fourth-order valence-electron chi connectivity index (χ4n) is 2.65. The van der Waals surface area contributed by atoms with Gasteiger partial charge in [0.25, 0.3) is 5.91 Å². The van der Waals surface area contributed by atoms with Crippen molar-refractivity contribution in [2.45, 2.75) is 26.8 Å². The van der Waals surface area contributed by atoms with Crippen molar-refractivity contribution in [3.05, 3.63) is 52.0 Å². The summed E-state index contributed by atoms with van der Waals surface area (Å²) in [7, 11) is 0. The van der Waals surface area contributed by atoms with E-state index in [1.54, 1.807) is 0 Å². The standard InChI is InChI=1S/C17H19N3OS/c1-3-13-8-11-22-16(13)17(21)18-9-10-20-12(2)19-14-6-4-5-7-15(14)20/h4-8,11H,3,9-10H2,1-2H3,(H,18,21). The van der Waals surface area contributed by atoms with E-state index in [1.165, 1.54) is 11.3 Å². The van der Waals surface area contributed by atoms with Crippen molar-refractivity contribution in [2.75, 3.05) is 6.54 Å². The van der Waals surface area contributed by atoms with E-state index in [0.717, 1.165) is 40.3 Å². The predicted molar refractivity (Wildman–Crippen MR) is 90.5 cm³/mol. The number of carbonyl (C=O) groups is 1. The molecule has 0 aliphatic carbocycles. The highest BCUT2D eigenvalue weighted by Crippen LogP contribution is 2.17. The van der Waals surface area contributed by atoms with E-state index in [1.807, 2.05) is 36.6 Å². The highest BCUT2D eigenvalue weighted by Gasteiger charge is 2.12. The maximum absolute atomic E-state index is 12.2. The fourth-order valence-corrected chi connectivity index (χ4v) is 3.56. The minimum Gasteiger partial charge on any atom is -0.350 e. The summed E-state index contributed by atoms with van der Waals surface area (Å²) < 4.78 is 2.14. The van der Waals surface area contributed by atoms with Crippen LogP contribution in [0.3, 0.4) is 0 Å². The Balaban J connectivity index is 1.68. The molecule has 0 aliphatic rings. The molecule has 2 aromatic heterocycles. The number of imidazole rings is 1. The molecule has 0 bridgehead atoms. The topological polar surface area (TPSA) is 46.9 Å². The Morgan fingerprint density at radius 2 is 2.14 bits per heavy atom. The minimum absolute atomic E-state index is 0.0222. The normalized spacial score (nSPS) is 11.0. The van der Waals surface area contributed by atoms with E-state index in [0.29, 0.717) is 6.54 Å². The predicted octanol–water partition coefficient (Wildman–Crippen LogP) is 3.40. The number of nitrogens with zero attached hydrogens (tertiary/aromatic N) is 2. The smallest absolute Gasteiger partial charge is 0.261 e. The molecule has 1 aromatic carbocycles. The molecule has 0 saturated carbocycles. The zero-order valence-electron chi connectivity index (χ0n) is 12.8. The number of hydrogen-bond acceptors (Lipinski definition) is 3. The molecule has 1 N–H and O–H groups in total. The Morgan fingerprint density at radius 1 is 1.32 bits per heavy atom. The zero-order valence-corrected chi connectivity index (χ0v) is 13.6. The molecule has 0 radical (unpaired) electrons. The molecule has 4 nitrogen and oxygen atoms in total. The Labute approximate surface area is 133 Å². The summed E-state index contributed by atoms with van der Waals surface area (Å²) in [4.78, 5) is 17.6. The lowest BCUT2D eigenvalue weighted by Crippen LogP contribution is -2.27. The highest BCUT2D eigenvalue weighted by molar-refractivity contribution is 7.12. The number of thiophene rings is 1. The van der Waals surface area contributed by atoms with Crippen LogP contribution in [0.15, 0.2) is 35.7 Å². The lowest BCUT2D eigenvalue weighted by Gasteiger charge is -2.08. The number of rotatable bonds is 5. The van der Waals surface area contributed by atoms with Crippen LogP contribution >= 0.6 is 11.3 Å². The number of aromatic nitrogens is 2. The van der Waals surface area contributed by atoms with Gasteiger partial charge >= 0.3 is 0 Å². The third-order valence-electron chi connectivity index (χ3n) is 3.80. The van der Waals surface area contributed by atoms with Gasteiger partial charge in [0.15, 0.2) is 0 Å². The van der Waals surface area contributed by atoms with Crippen molar-refractivity contribution < 1.29 is 4.79 Å². The maximum atomic E-state index is 12.2. The van der Waals surface area contributed by atoms with Crippen LogP contribution in [0, 0.1) is 6.92 Å². The maximum Gasteiger partial charge on any atom is 0.261 e. The monoisotopic (exact) mass is 313 g/mol. The van der Waals surface area contributed by atoms with Gasteiger partial charge in [0.2, 0.25) is 0 Å². The van der Waals surface area contributed by atoms with Gasteiger partial charge in [0.1, 0.15) is 5.82 Å². The second kappa shape index (κ2) is 6.32. The fraction of sp³-hybridized carbons (Fsp3) is 0.294. The van der Waals surface area contributed by atoms with Gasteiger partial charge in [0.05, 0.1) is 15.9 Å². The van der Waals surface area contributed by atoms with Crippen LogP contribution in [0.2, 0.25) is 0 Å². The number of benzene rings is 1. The van der Waals surface area contributed by atoms with E-state index in [4.69, 9.17) is 0 Å². The molecule has 3 rings (SSSR count). The van der Waals surface area contributed by atoms with Crippen LogP contribution in [0.4, 0.5) is 0 Å². The van der Waals surface area contributed by atoms with Crippen LogP contribution in [0.1, 0.15) is 28.0 Å². The number of aryl methyl sites for hydroxylation is 2. The first-order chi connectivity index (χ1) is 10.7. The molecule has 0 spiro atoms. The van der Waals surface area contributed by atoms with Gasteiger partial charge in [-0.25, -0.2) is 4.98 Å². The van der Waals surface area contributed by atoms with Crippen molar-refractivity contribution in [1.82, 2.24) is 14.9 Å². The molecule has 0 atom stereocenters. The molecule has 2 heterocycles. The van der Waals surface area contributed by atoms with Crippen LogP contribution in [-0.4, -0.2) is 22.0 Å². The SMILES string of the molecule is CCc1ccsc1C(=O)NCCn1c(C)nc2ccccc21. The number of carbonyl (C=O) groups excluding carboxylic acids is 1.